The Labute approximate surface area is 316 Å². The van der Waals surface area contributed by atoms with E-state index in [4.69, 9.17) is 9.97 Å². The van der Waals surface area contributed by atoms with Crippen molar-refractivity contribution in [2.45, 2.75) is 0 Å². The van der Waals surface area contributed by atoms with Crippen LogP contribution in [0, 0.1) is 0 Å². The fourth-order valence-electron chi connectivity index (χ4n) is 8.10. The lowest BCUT2D eigenvalue weighted by Crippen LogP contribution is -1.97. The summed E-state index contributed by atoms with van der Waals surface area (Å²) in [7, 11) is 0. The molecule has 0 fully saturated rings. The smallest absolute Gasteiger partial charge is 0.160 e. The van der Waals surface area contributed by atoms with E-state index in [0.29, 0.717) is 5.82 Å². The minimum Gasteiger partial charge on any atom is -0.309 e. The van der Waals surface area contributed by atoms with Crippen LogP contribution in [0.3, 0.4) is 0 Å². The van der Waals surface area contributed by atoms with E-state index in [0.717, 1.165) is 39.2 Å². The molecule has 0 atom stereocenters. The molecule has 3 heterocycles. The van der Waals surface area contributed by atoms with Crippen LogP contribution in [0.4, 0.5) is 0 Å². The van der Waals surface area contributed by atoms with Crippen molar-refractivity contribution in [2.75, 3.05) is 0 Å². The van der Waals surface area contributed by atoms with Crippen molar-refractivity contribution in [3.8, 4) is 50.7 Å². The average Bonchev–Trinajstić information content (AvgIpc) is 3.79. The molecule has 3 aromatic heterocycles. The minimum atomic E-state index is 0.716. The Bertz CT molecular complexity index is 3160. The number of para-hydroxylation sites is 2. The van der Waals surface area contributed by atoms with Crippen molar-refractivity contribution in [3.05, 3.63) is 188 Å². The summed E-state index contributed by atoms with van der Waals surface area (Å²) in [6, 6.07) is 67.3. The van der Waals surface area contributed by atoms with Crippen LogP contribution in [0.25, 0.3) is 103 Å². The molecule has 0 unspecified atom stereocenters. The second kappa shape index (κ2) is 12.4. The molecule has 11 rings (SSSR count). The molecule has 0 N–H and O–H groups in total. The summed E-state index contributed by atoms with van der Waals surface area (Å²) >= 11 is 1.83. The average molecular weight is 706 g/mol. The first-order valence-corrected chi connectivity index (χ1v) is 19.1. The van der Waals surface area contributed by atoms with Crippen LogP contribution in [0.1, 0.15) is 0 Å². The van der Waals surface area contributed by atoms with Crippen LogP contribution in [-0.2, 0) is 0 Å². The third-order valence-corrected chi connectivity index (χ3v) is 11.8. The number of hydrogen-bond acceptors (Lipinski definition) is 3. The zero-order valence-corrected chi connectivity index (χ0v) is 30.0. The van der Waals surface area contributed by atoms with Crippen molar-refractivity contribution in [3.63, 3.8) is 0 Å². The highest BCUT2D eigenvalue weighted by atomic mass is 32.1. The van der Waals surface area contributed by atoms with Gasteiger partial charge in [0.05, 0.1) is 22.4 Å². The zero-order chi connectivity index (χ0) is 35.6. The number of nitrogens with zero attached hydrogens (tertiary/aromatic N) is 3. The molecule has 0 aliphatic carbocycles. The highest BCUT2D eigenvalue weighted by molar-refractivity contribution is 7.25. The number of rotatable bonds is 5. The first-order valence-electron chi connectivity index (χ1n) is 18.2. The van der Waals surface area contributed by atoms with Gasteiger partial charge >= 0.3 is 0 Å². The molecule has 54 heavy (non-hydrogen) atoms. The summed E-state index contributed by atoms with van der Waals surface area (Å²) in [6.07, 6.45) is 0. The lowest BCUT2D eigenvalue weighted by Gasteiger charge is -2.14. The van der Waals surface area contributed by atoms with Crippen molar-refractivity contribution >= 4 is 64.1 Å². The Morgan fingerprint density at radius 2 is 0.907 bits per heavy atom. The molecule has 3 nitrogen and oxygen atoms in total. The molecule has 0 saturated carbocycles. The van der Waals surface area contributed by atoms with Gasteiger partial charge in [0.15, 0.2) is 5.82 Å². The summed E-state index contributed by atoms with van der Waals surface area (Å²) in [5, 5.41) is 7.45. The molecule has 0 aliphatic rings. The van der Waals surface area contributed by atoms with E-state index in [2.05, 4.69) is 174 Å². The van der Waals surface area contributed by atoms with Gasteiger partial charge in [0, 0.05) is 53.3 Å². The standard InChI is InChI=1S/C50H31N3S/c1-2-12-33(13-3-1)50-51-44(34-24-27-43-42-18-8-11-21-48(42)54-49(43)30-34)31-45(52-50)39-29-28-36(37-14-4-5-15-38(37)39)32-22-25-35(26-23-32)53-46-19-9-6-16-40(46)41-17-7-10-20-47(41)53/h1-31H. The maximum Gasteiger partial charge on any atom is 0.160 e. The minimum absolute atomic E-state index is 0.716. The van der Waals surface area contributed by atoms with Crippen LogP contribution >= 0.6 is 11.3 Å². The van der Waals surface area contributed by atoms with E-state index in [-0.39, 0.29) is 0 Å². The summed E-state index contributed by atoms with van der Waals surface area (Å²) in [4.78, 5) is 10.4. The number of hydrogen-bond donors (Lipinski definition) is 0. The largest absolute Gasteiger partial charge is 0.309 e. The second-order valence-electron chi connectivity index (χ2n) is 13.8. The van der Waals surface area contributed by atoms with Crippen molar-refractivity contribution in [1.82, 2.24) is 14.5 Å². The molecule has 4 heteroatoms. The normalized spacial score (nSPS) is 11.7. The third-order valence-electron chi connectivity index (χ3n) is 10.6. The SMILES string of the molecule is c1ccc(-c2nc(-c3ccc4c(c3)sc3ccccc34)cc(-c3ccc(-c4ccc(-n5c6ccccc6c6ccccc65)cc4)c4ccccc34)n2)cc1. The molecule has 252 valence electrons. The van der Waals surface area contributed by atoms with Crippen LogP contribution in [-0.4, -0.2) is 14.5 Å². The van der Waals surface area contributed by atoms with Crippen molar-refractivity contribution in [1.29, 1.82) is 0 Å². The highest BCUT2D eigenvalue weighted by Gasteiger charge is 2.17. The molecule has 0 bridgehead atoms. The lowest BCUT2D eigenvalue weighted by atomic mass is 9.93. The van der Waals surface area contributed by atoms with Crippen LogP contribution in [0.2, 0.25) is 0 Å². The van der Waals surface area contributed by atoms with Gasteiger partial charge in [-0.3, -0.25) is 0 Å². The maximum absolute atomic E-state index is 5.23. The van der Waals surface area contributed by atoms with E-state index in [1.54, 1.807) is 0 Å². The quantitative estimate of drug-likeness (QED) is 0.178. The topological polar surface area (TPSA) is 30.7 Å². The lowest BCUT2D eigenvalue weighted by molar-refractivity contribution is 1.18. The Kier molecular flexibility index (Phi) is 7.04. The third kappa shape index (κ3) is 4.96. The summed E-state index contributed by atoms with van der Waals surface area (Å²) in [5.74, 6) is 0.716. The van der Waals surface area contributed by atoms with Gasteiger partial charge < -0.3 is 4.57 Å². The van der Waals surface area contributed by atoms with Gasteiger partial charge in [-0.15, -0.1) is 11.3 Å². The number of fused-ring (bicyclic) bond motifs is 7. The fourth-order valence-corrected chi connectivity index (χ4v) is 9.24. The monoisotopic (exact) mass is 705 g/mol. The van der Waals surface area contributed by atoms with E-state index in [9.17, 15) is 0 Å². The predicted molar refractivity (Wildman–Crippen MR) is 229 cm³/mol. The molecule has 0 aliphatic heterocycles. The van der Waals surface area contributed by atoms with E-state index >= 15 is 0 Å². The zero-order valence-electron chi connectivity index (χ0n) is 29.1. The Morgan fingerprint density at radius 3 is 1.65 bits per heavy atom. The molecular weight excluding hydrogens is 675 g/mol. The molecule has 0 radical (unpaired) electrons. The summed E-state index contributed by atoms with van der Waals surface area (Å²) in [5.41, 5.74) is 10.9. The predicted octanol–water partition coefficient (Wildman–Crippen LogP) is 13.8. The van der Waals surface area contributed by atoms with Crippen molar-refractivity contribution in [2.24, 2.45) is 0 Å². The van der Waals surface area contributed by atoms with Gasteiger partial charge in [0.1, 0.15) is 0 Å². The number of benzene rings is 8. The fraction of sp³-hybridized carbons (Fsp3) is 0. The van der Waals surface area contributed by atoms with Gasteiger partial charge in [0.25, 0.3) is 0 Å². The number of thiophene rings is 1. The molecule has 0 saturated heterocycles. The van der Waals surface area contributed by atoms with Gasteiger partial charge in [-0.2, -0.15) is 0 Å². The summed E-state index contributed by atoms with van der Waals surface area (Å²) in [6.45, 7) is 0. The molecule has 0 amide bonds. The highest BCUT2D eigenvalue weighted by Crippen LogP contribution is 2.40. The molecular formula is C50H31N3S. The Hall–Kier alpha value is -6.88. The Morgan fingerprint density at radius 1 is 0.352 bits per heavy atom. The first kappa shape index (κ1) is 30.7. The van der Waals surface area contributed by atoms with Crippen molar-refractivity contribution < 1.29 is 0 Å². The van der Waals surface area contributed by atoms with E-state index < -0.39 is 0 Å². The van der Waals surface area contributed by atoms with Gasteiger partial charge in [0.2, 0.25) is 0 Å². The second-order valence-corrected chi connectivity index (χ2v) is 14.8. The number of aromatic nitrogens is 3. The summed E-state index contributed by atoms with van der Waals surface area (Å²) < 4.78 is 4.92. The van der Waals surface area contributed by atoms with Crippen LogP contribution in [0.5, 0.6) is 0 Å². The molecule has 0 spiro atoms. The van der Waals surface area contributed by atoms with Crippen LogP contribution < -0.4 is 0 Å². The molecule has 8 aromatic carbocycles. The van der Waals surface area contributed by atoms with Gasteiger partial charge in [-0.1, -0.05) is 146 Å². The van der Waals surface area contributed by atoms with Gasteiger partial charge in [-0.25, -0.2) is 9.97 Å². The molecule has 11 aromatic rings. The first-order chi connectivity index (χ1) is 26.8. The van der Waals surface area contributed by atoms with Gasteiger partial charge in [-0.05, 0) is 64.4 Å². The maximum atomic E-state index is 5.23. The van der Waals surface area contributed by atoms with E-state index in [1.165, 1.54) is 58.5 Å². The van der Waals surface area contributed by atoms with E-state index in [1.807, 2.05) is 29.5 Å². The Balaban J connectivity index is 1.04. The van der Waals surface area contributed by atoms with Crippen LogP contribution in [0.15, 0.2) is 188 Å².